The van der Waals surface area contributed by atoms with Crippen molar-refractivity contribution in [1.82, 2.24) is 0 Å². The summed E-state index contributed by atoms with van der Waals surface area (Å²) in [5.41, 5.74) is -2.11. The van der Waals surface area contributed by atoms with E-state index in [4.69, 9.17) is 9.47 Å². The third-order valence-electron chi connectivity index (χ3n) is 7.44. The predicted octanol–water partition coefficient (Wildman–Crippen LogP) is 4.10. The Morgan fingerprint density at radius 2 is 1.21 bits per heavy atom. The molecule has 0 heterocycles. The number of esters is 2. The highest BCUT2D eigenvalue weighted by Gasteiger charge is 2.59. The Labute approximate surface area is 217 Å². The lowest BCUT2D eigenvalue weighted by Crippen LogP contribution is -2.44. The fourth-order valence-corrected chi connectivity index (χ4v) is 4.51. The maximum absolute atomic E-state index is 13.0. The third-order valence-corrected chi connectivity index (χ3v) is 7.44. The number of hydrogen-bond donors (Lipinski definition) is 0. The fraction of sp³-hybridized carbons (Fsp3) is 0.385. The average molecular weight is 526 g/mol. The molecule has 38 heavy (non-hydrogen) atoms. The number of benzene rings is 2. The first-order chi connectivity index (χ1) is 17.8. The minimum Gasteiger partial charge on any atom is -0.457 e. The topological polar surface area (TPSA) is 173 Å². The fourth-order valence-electron chi connectivity index (χ4n) is 4.51. The molecular weight excluding hydrogens is 500 g/mol. The van der Waals surface area contributed by atoms with Crippen molar-refractivity contribution in [3.05, 3.63) is 79.9 Å². The van der Waals surface area contributed by atoms with E-state index in [1.807, 2.05) is 0 Å². The summed E-state index contributed by atoms with van der Waals surface area (Å²) in [7, 11) is 0. The van der Waals surface area contributed by atoms with Gasteiger partial charge in [0.05, 0.1) is 21.2 Å². The maximum Gasteiger partial charge on any atom is 0.312 e. The van der Waals surface area contributed by atoms with Gasteiger partial charge in [-0.05, 0) is 49.4 Å². The molecule has 1 saturated carbocycles. The van der Waals surface area contributed by atoms with Gasteiger partial charge in [0, 0.05) is 35.4 Å². The maximum atomic E-state index is 13.0. The Hall–Kier alpha value is -4.48. The standard InChI is InChI=1S/C26H26N2O10/c1-25(2)20(23(31)37-14-21(29)16-4-8-18(9-5-16)27(33)34)12-13-26(25,3)24(32)38-15-22(30)17-6-10-19(11-7-17)28(35)36/h4-11,20H,12-15H2,1-3H3/t20-,26-/m0/s1. The molecule has 0 aliphatic heterocycles. The van der Waals surface area contributed by atoms with Crippen LogP contribution in [0.5, 0.6) is 0 Å². The number of nitro benzene ring substituents is 2. The summed E-state index contributed by atoms with van der Waals surface area (Å²) >= 11 is 0. The monoisotopic (exact) mass is 526 g/mol. The molecule has 3 rings (SSSR count). The largest absolute Gasteiger partial charge is 0.457 e. The number of carbonyl (C=O) groups is 4. The van der Waals surface area contributed by atoms with Crippen LogP contribution in [-0.4, -0.2) is 46.6 Å². The summed E-state index contributed by atoms with van der Waals surface area (Å²) in [6.07, 6.45) is 0.570. The van der Waals surface area contributed by atoms with Gasteiger partial charge in [-0.25, -0.2) is 0 Å². The van der Waals surface area contributed by atoms with E-state index < -0.39 is 63.3 Å². The average Bonchev–Trinajstić information content (AvgIpc) is 3.14. The first-order valence-electron chi connectivity index (χ1n) is 11.7. The Morgan fingerprint density at radius 3 is 1.63 bits per heavy atom. The summed E-state index contributed by atoms with van der Waals surface area (Å²) in [6, 6.07) is 9.83. The van der Waals surface area contributed by atoms with Crippen LogP contribution < -0.4 is 0 Å². The Balaban J connectivity index is 1.58. The highest BCUT2D eigenvalue weighted by Crippen LogP contribution is 2.56. The summed E-state index contributed by atoms with van der Waals surface area (Å²) < 4.78 is 10.5. The molecule has 0 unspecified atom stereocenters. The molecule has 1 aliphatic rings. The molecule has 0 saturated heterocycles. The van der Waals surface area contributed by atoms with Crippen molar-refractivity contribution < 1.29 is 38.5 Å². The summed E-state index contributed by atoms with van der Waals surface area (Å²) in [5.74, 6) is -3.13. The summed E-state index contributed by atoms with van der Waals surface area (Å²) in [5, 5.41) is 21.5. The van der Waals surface area contributed by atoms with E-state index >= 15 is 0 Å². The summed E-state index contributed by atoms with van der Waals surface area (Å²) in [6.45, 7) is 3.93. The lowest BCUT2D eigenvalue weighted by Gasteiger charge is -2.38. The molecule has 12 heteroatoms. The van der Waals surface area contributed by atoms with E-state index in [1.165, 1.54) is 48.5 Å². The van der Waals surface area contributed by atoms with Crippen molar-refractivity contribution in [2.75, 3.05) is 13.2 Å². The second kappa shape index (κ2) is 10.9. The number of nitro groups is 2. The molecule has 1 fully saturated rings. The van der Waals surface area contributed by atoms with Gasteiger partial charge in [-0.3, -0.25) is 39.4 Å². The first-order valence-corrected chi connectivity index (χ1v) is 11.7. The van der Waals surface area contributed by atoms with Crippen LogP contribution in [0.4, 0.5) is 11.4 Å². The van der Waals surface area contributed by atoms with Crippen molar-refractivity contribution in [3.8, 4) is 0 Å². The number of nitrogens with zero attached hydrogens (tertiary/aromatic N) is 2. The highest BCUT2D eigenvalue weighted by atomic mass is 16.6. The molecule has 0 N–H and O–H groups in total. The van der Waals surface area contributed by atoms with Crippen LogP contribution in [0.1, 0.15) is 54.3 Å². The Bertz CT molecular complexity index is 1280. The van der Waals surface area contributed by atoms with Crippen LogP contribution in [0.15, 0.2) is 48.5 Å². The van der Waals surface area contributed by atoms with Gasteiger partial charge in [-0.2, -0.15) is 0 Å². The Morgan fingerprint density at radius 1 is 0.789 bits per heavy atom. The van der Waals surface area contributed by atoms with Crippen LogP contribution in [0.2, 0.25) is 0 Å². The van der Waals surface area contributed by atoms with Crippen LogP contribution in [0.3, 0.4) is 0 Å². The molecule has 2 aromatic rings. The molecule has 0 spiro atoms. The zero-order chi connectivity index (χ0) is 28.3. The number of ketones is 2. The minimum atomic E-state index is -1.13. The van der Waals surface area contributed by atoms with E-state index in [0.717, 1.165) is 0 Å². The SMILES string of the molecule is CC1(C)[C@H](C(=O)OCC(=O)c2ccc([N+](=O)[O-])cc2)CC[C@@]1(C)C(=O)OCC(=O)c1ccc([N+](=O)[O-])cc1. The number of hydrogen-bond acceptors (Lipinski definition) is 10. The second-order valence-electron chi connectivity index (χ2n) is 9.78. The highest BCUT2D eigenvalue weighted by molar-refractivity contribution is 5.99. The normalized spacial score (nSPS) is 19.8. The third kappa shape index (κ3) is 5.58. The number of ether oxygens (including phenoxy) is 2. The van der Waals surface area contributed by atoms with Crippen LogP contribution in [0.25, 0.3) is 0 Å². The molecule has 0 aromatic heterocycles. The molecule has 0 bridgehead atoms. The summed E-state index contributed by atoms with van der Waals surface area (Å²) in [4.78, 5) is 71.0. The zero-order valence-corrected chi connectivity index (χ0v) is 21.0. The van der Waals surface area contributed by atoms with Gasteiger partial charge in [-0.1, -0.05) is 13.8 Å². The minimum absolute atomic E-state index is 0.151. The lowest BCUT2D eigenvalue weighted by molar-refractivity contribution is -0.385. The van der Waals surface area contributed by atoms with Crippen molar-refractivity contribution in [3.63, 3.8) is 0 Å². The number of non-ortho nitro benzene ring substituents is 2. The molecular formula is C26H26N2O10. The van der Waals surface area contributed by atoms with Crippen LogP contribution in [0, 0.1) is 37.0 Å². The van der Waals surface area contributed by atoms with Crippen LogP contribution in [-0.2, 0) is 19.1 Å². The lowest BCUT2D eigenvalue weighted by atomic mass is 9.65. The molecule has 1 aliphatic carbocycles. The zero-order valence-electron chi connectivity index (χ0n) is 21.0. The molecule has 200 valence electrons. The van der Waals surface area contributed by atoms with Gasteiger partial charge >= 0.3 is 11.9 Å². The van der Waals surface area contributed by atoms with E-state index in [2.05, 4.69) is 0 Å². The first kappa shape index (κ1) is 28.1. The van der Waals surface area contributed by atoms with Gasteiger partial charge in [0.25, 0.3) is 11.4 Å². The molecule has 2 aromatic carbocycles. The number of rotatable bonds is 10. The van der Waals surface area contributed by atoms with Crippen molar-refractivity contribution in [1.29, 1.82) is 0 Å². The van der Waals surface area contributed by atoms with Crippen molar-refractivity contribution >= 4 is 34.9 Å². The Kier molecular flexibility index (Phi) is 8.04. The molecule has 0 amide bonds. The molecule has 12 nitrogen and oxygen atoms in total. The quantitative estimate of drug-likeness (QED) is 0.190. The molecule has 2 atom stereocenters. The van der Waals surface area contributed by atoms with Gasteiger partial charge in [0.15, 0.2) is 24.8 Å². The van der Waals surface area contributed by atoms with Crippen molar-refractivity contribution in [2.24, 2.45) is 16.7 Å². The molecule has 0 radical (unpaired) electrons. The van der Waals surface area contributed by atoms with Gasteiger partial charge in [0.2, 0.25) is 0 Å². The predicted molar refractivity (Wildman–Crippen MR) is 131 cm³/mol. The van der Waals surface area contributed by atoms with Crippen molar-refractivity contribution in [2.45, 2.75) is 33.6 Å². The smallest absolute Gasteiger partial charge is 0.312 e. The number of Topliss-reactive ketones (excluding diaryl/α,β-unsaturated/α-hetero) is 2. The van der Waals surface area contributed by atoms with Crippen LogP contribution >= 0.6 is 0 Å². The van der Waals surface area contributed by atoms with E-state index in [9.17, 15) is 39.4 Å². The van der Waals surface area contributed by atoms with Gasteiger partial charge in [0.1, 0.15) is 0 Å². The van der Waals surface area contributed by atoms with E-state index in [0.29, 0.717) is 6.42 Å². The van der Waals surface area contributed by atoms with Gasteiger partial charge < -0.3 is 9.47 Å². The number of carbonyl (C=O) groups excluding carboxylic acids is 4. The van der Waals surface area contributed by atoms with E-state index in [-0.39, 0.29) is 28.9 Å². The van der Waals surface area contributed by atoms with Gasteiger partial charge in [-0.15, -0.1) is 0 Å². The van der Waals surface area contributed by atoms with E-state index in [1.54, 1.807) is 20.8 Å². The second-order valence-corrected chi connectivity index (χ2v) is 9.78.